The standard InChI is InChI=1S/C15H26N2O2/c1-5-17(6-2)10-9-16-12-13-11-14(18-3)7-8-15(13)19-4/h7-8,11,16H,5-6,9-10,12H2,1-4H3. The van der Waals surface area contributed by atoms with Gasteiger partial charge in [-0.2, -0.15) is 0 Å². The quantitative estimate of drug-likeness (QED) is 0.694. The number of nitrogens with one attached hydrogen (secondary N) is 1. The topological polar surface area (TPSA) is 33.7 Å². The summed E-state index contributed by atoms with van der Waals surface area (Å²) in [5.41, 5.74) is 1.13. The van der Waals surface area contributed by atoms with Crippen LogP contribution in [-0.4, -0.2) is 45.3 Å². The van der Waals surface area contributed by atoms with Crippen molar-refractivity contribution in [2.75, 3.05) is 40.4 Å². The molecule has 1 N–H and O–H groups in total. The van der Waals surface area contributed by atoms with Crippen LogP contribution < -0.4 is 14.8 Å². The lowest BCUT2D eigenvalue weighted by atomic mass is 10.2. The van der Waals surface area contributed by atoms with Crippen molar-refractivity contribution in [3.8, 4) is 11.5 Å². The SMILES string of the molecule is CCN(CC)CCNCc1cc(OC)ccc1OC. The molecule has 0 unspecified atom stereocenters. The van der Waals surface area contributed by atoms with E-state index < -0.39 is 0 Å². The third kappa shape index (κ3) is 5.09. The molecule has 19 heavy (non-hydrogen) atoms. The fraction of sp³-hybridized carbons (Fsp3) is 0.600. The minimum atomic E-state index is 0.793. The number of nitrogens with zero attached hydrogens (tertiary/aromatic N) is 1. The van der Waals surface area contributed by atoms with Crippen molar-refractivity contribution in [1.82, 2.24) is 10.2 Å². The van der Waals surface area contributed by atoms with Gasteiger partial charge in [-0.1, -0.05) is 13.8 Å². The van der Waals surface area contributed by atoms with Gasteiger partial charge in [0.15, 0.2) is 0 Å². The van der Waals surface area contributed by atoms with E-state index in [9.17, 15) is 0 Å². The molecule has 0 radical (unpaired) electrons. The molecule has 0 fully saturated rings. The van der Waals surface area contributed by atoms with Crippen molar-refractivity contribution in [2.24, 2.45) is 0 Å². The molecule has 0 aliphatic heterocycles. The first-order chi connectivity index (χ1) is 9.24. The highest BCUT2D eigenvalue weighted by atomic mass is 16.5. The summed E-state index contributed by atoms with van der Waals surface area (Å²) in [5.74, 6) is 1.76. The second-order valence-electron chi connectivity index (χ2n) is 4.38. The Morgan fingerprint density at radius 1 is 1.11 bits per heavy atom. The second-order valence-corrected chi connectivity index (χ2v) is 4.38. The second kappa shape index (κ2) is 8.77. The summed E-state index contributed by atoms with van der Waals surface area (Å²) < 4.78 is 10.6. The molecule has 0 aromatic heterocycles. The third-order valence-electron chi connectivity index (χ3n) is 3.30. The highest BCUT2D eigenvalue weighted by Crippen LogP contribution is 2.23. The number of rotatable bonds is 9. The Kier molecular flexibility index (Phi) is 7.30. The summed E-state index contributed by atoms with van der Waals surface area (Å²) in [5, 5.41) is 3.45. The predicted molar refractivity (Wildman–Crippen MR) is 79.0 cm³/mol. The zero-order chi connectivity index (χ0) is 14.1. The molecule has 0 amide bonds. The molecule has 0 saturated carbocycles. The summed E-state index contributed by atoms with van der Waals surface area (Å²) in [4.78, 5) is 2.40. The Hall–Kier alpha value is -1.26. The number of ether oxygens (including phenoxy) is 2. The molecule has 1 rings (SSSR count). The Morgan fingerprint density at radius 2 is 1.84 bits per heavy atom. The minimum absolute atomic E-state index is 0.793. The van der Waals surface area contributed by atoms with Crippen molar-refractivity contribution in [3.63, 3.8) is 0 Å². The van der Waals surface area contributed by atoms with Crippen molar-refractivity contribution in [3.05, 3.63) is 23.8 Å². The molecule has 0 atom stereocenters. The number of hydrogen-bond donors (Lipinski definition) is 1. The number of likely N-dealkylation sites (N-methyl/N-ethyl adjacent to an activating group) is 1. The van der Waals surface area contributed by atoms with Crippen LogP contribution in [0.25, 0.3) is 0 Å². The first-order valence-electron chi connectivity index (χ1n) is 6.89. The maximum Gasteiger partial charge on any atom is 0.123 e. The summed E-state index contributed by atoms with van der Waals surface area (Å²) >= 11 is 0. The van der Waals surface area contributed by atoms with Gasteiger partial charge in [0.05, 0.1) is 14.2 Å². The fourth-order valence-corrected chi connectivity index (χ4v) is 2.02. The first-order valence-corrected chi connectivity index (χ1v) is 6.89. The lowest BCUT2D eigenvalue weighted by Crippen LogP contribution is -2.31. The summed E-state index contributed by atoms with van der Waals surface area (Å²) in [6.45, 7) is 9.41. The zero-order valence-electron chi connectivity index (χ0n) is 12.5. The van der Waals surface area contributed by atoms with Crippen molar-refractivity contribution in [2.45, 2.75) is 20.4 Å². The van der Waals surface area contributed by atoms with Crippen LogP contribution in [0, 0.1) is 0 Å². The molecule has 0 aliphatic rings. The predicted octanol–water partition coefficient (Wildman–Crippen LogP) is 2.14. The van der Waals surface area contributed by atoms with E-state index in [2.05, 4.69) is 24.1 Å². The van der Waals surface area contributed by atoms with Crippen LogP contribution in [0.4, 0.5) is 0 Å². The molecule has 0 aliphatic carbocycles. The molecule has 0 heterocycles. The monoisotopic (exact) mass is 266 g/mol. The van der Waals surface area contributed by atoms with Crippen LogP contribution in [0.2, 0.25) is 0 Å². The third-order valence-corrected chi connectivity index (χ3v) is 3.30. The van der Waals surface area contributed by atoms with E-state index in [0.717, 1.165) is 49.8 Å². The normalized spacial score (nSPS) is 10.8. The van der Waals surface area contributed by atoms with E-state index in [1.165, 1.54) is 0 Å². The maximum absolute atomic E-state index is 5.36. The fourth-order valence-electron chi connectivity index (χ4n) is 2.02. The van der Waals surface area contributed by atoms with Gasteiger partial charge in [-0.15, -0.1) is 0 Å². The van der Waals surface area contributed by atoms with Crippen LogP contribution >= 0.6 is 0 Å². The van der Waals surface area contributed by atoms with E-state index in [4.69, 9.17) is 9.47 Å². The van der Waals surface area contributed by atoms with Gasteiger partial charge in [-0.3, -0.25) is 0 Å². The molecule has 1 aromatic carbocycles. The molecule has 0 saturated heterocycles. The summed E-state index contributed by atoms with van der Waals surface area (Å²) in [6.07, 6.45) is 0. The molecular weight excluding hydrogens is 240 g/mol. The number of benzene rings is 1. The molecule has 0 bridgehead atoms. The van der Waals surface area contributed by atoms with Gasteiger partial charge in [-0.25, -0.2) is 0 Å². The summed E-state index contributed by atoms with van der Waals surface area (Å²) in [6, 6.07) is 5.88. The van der Waals surface area contributed by atoms with E-state index in [1.807, 2.05) is 18.2 Å². The average Bonchev–Trinajstić information content (AvgIpc) is 2.47. The van der Waals surface area contributed by atoms with Crippen molar-refractivity contribution in [1.29, 1.82) is 0 Å². The van der Waals surface area contributed by atoms with Crippen LogP contribution in [0.15, 0.2) is 18.2 Å². The highest BCUT2D eigenvalue weighted by Gasteiger charge is 2.05. The van der Waals surface area contributed by atoms with Crippen LogP contribution in [0.1, 0.15) is 19.4 Å². The first kappa shape index (κ1) is 15.8. The molecular formula is C15H26N2O2. The van der Waals surface area contributed by atoms with E-state index >= 15 is 0 Å². The van der Waals surface area contributed by atoms with Crippen LogP contribution in [0.5, 0.6) is 11.5 Å². The van der Waals surface area contributed by atoms with Gasteiger partial charge >= 0.3 is 0 Å². The van der Waals surface area contributed by atoms with Crippen molar-refractivity contribution >= 4 is 0 Å². The average molecular weight is 266 g/mol. The Bertz CT molecular complexity index is 365. The molecule has 0 spiro atoms. The maximum atomic E-state index is 5.36. The van der Waals surface area contributed by atoms with E-state index in [0.29, 0.717) is 0 Å². The highest BCUT2D eigenvalue weighted by molar-refractivity contribution is 5.40. The van der Waals surface area contributed by atoms with Crippen molar-refractivity contribution < 1.29 is 9.47 Å². The largest absolute Gasteiger partial charge is 0.497 e. The Labute approximate surface area is 116 Å². The molecule has 1 aromatic rings. The zero-order valence-corrected chi connectivity index (χ0v) is 12.5. The molecule has 4 nitrogen and oxygen atoms in total. The number of methoxy groups -OCH3 is 2. The Balaban J connectivity index is 2.47. The van der Waals surface area contributed by atoms with E-state index in [1.54, 1.807) is 14.2 Å². The van der Waals surface area contributed by atoms with Gasteiger partial charge in [0.1, 0.15) is 11.5 Å². The lowest BCUT2D eigenvalue weighted by Gasteiger charge is -2.18. The van der Waals surface area contributed by atoms with Gasteiger partial charge in [-0.05, 0) is 31.3 Å². The number of hydrogen-bond acceptors (Lipinski definition) is 4. The summed E-state index contributed by atoms with van der Waals surface area (Å²) in [7, 11) is 3.38. The van der Waals surface area contributed by atoms with Gasteiger partial charge < -0.3 is 19.7 Å². The molecule has 108 valence electrons. The van der Waals surface area contributed by atoms with Gasteiger partial charge in [0, 0.05) is 25.2 Å². The minimum Gasteiger partial charge on any atom is -0.497 e. The van der Waals surface area contributed by atoms with Crippen LogP contribution in [-0.2, 0) is 6.54 Å². The smallest absolute Gasteiger partial charge is 0.123 e. The van der Waals surface area contributed by atoms with Gasteiger partial charge in [0.2, 0.25) is 0 Å². The van der Waals surface area contributed by atoms with Crippen LogP contribution in [0.3, 0.4) is 0 Å². The Morgan fingerprint density at radius 3 is 2.42 bits per heavy atom. The van der Waals surface area contributed by atoms with Gasteiger partial charge in [0.25, 0.3) is 0 Å². The van der Waals surface area contributed by atoms with E-state index in [-0.39, 0.29) is 0 Å². The lowest BCUT2D eigenvalue weighted by molar-refractivity contribution is 0.301. The molecule has 4 heteroatoms.